The number of hydrogen-bond acceptors (Lipinski definition) is 6. The Hall–Kier alpha value is -2.65. The molecule has 3 rings (SSSR count). The first kappa shape index (κ1) is 20.1. The van der Waals surface area contributed by atoms with E-state index in [-0.39, 0.29) is 11.4 Å². The number of nitrogens with one attached hydrogen (secondary N) is 1. The van der Waals surface area contributed by atoms with Crippen LogP contribution in [0, 0.1) is 5.82 Å². The number of carbonyl (C=O) groups is 2. The van der Waals surface area contributed by atoms with Crippen LogP contribution < -0.4 is 10.2 Å². The van der Waals surface area contributed by atoms with Crippen molar-refractivity contribution in [1.29, 1.82) is 0 Å². The van der Waals surface area contributed by atoms with Gasteiger partial charge in [-0.25, -0.2) is 4.39 Å². The van der Waals surface area contributed by atoms with E-state index in [9.17, 15) is 14.0 Å². The van der Waals surface area contributed by atoms with Gasteiger partial charge in [-0.1, -0.05) is 22.7 Å². The zero-order valence-electron chi connectivity index (χ0n) is 15.5. The Balaban J connectivity index is 2.15. The molecular weight excluding hydrogens is 399 g/mol. The Morgan fingerprint density at radius 1 is 1.18 bits per heavy atom. The standard InChI is InChI=1S/C19H19FN4O2S2/c1-19(2,3)21-17(25)16(15-9-6-10-27-15)24(14-8-5-4-7-12(14)20)18(26)13-11-28-23-22-13/h4-11,16H,1-3H3,(H,21,25)/t16-/m0/s1. The SMILES string of the molecule is CC(C)(C)NC(=O)[C@H](c1cccs1)N(C(=O)c1csnn1)c1ccccc1F. The normalized spacial score (nSPS) is 12.4. The molecule has 146 valence electrons. The minimum atomic E-state index is -1.05. The van der Waals surface area contributed by atoms with Gasteiger partial charge in [0.2, 0.25) is 5.91 Å². The maximum atomic E-state index is 14.7. The van der Waals surface area contributed by atoms with E-state index in [4.69, 9.17) is 0 Å². The van der Waals surface area contributed by atoms with Crippen molar-refractivity contribution in [3.05, 3.63) is 63.5 Å². The second kappa shape index (κ2) is 8.15. The number of halogens is 1. The number of thiophene rings is 1. The molecule has 0 spiro atoms. The highest BCUT2D eigenvalue weighted by Gasteiger charge is 2.37. The molecule has 1 N–H and O–H groups in total. The second-order valence-electron chi connectivity index (χ2n) is 7.07. The Morgan fingerprint density at radius 3 is 2.50 bits per heavy atom. The molecule has 6 nitrogen and oxygen atoms in total. The first-order chi connectivity index (χ1) is 13.3. The third-order valence-corrected chi connectivity index (χ3v) is 5.16. The van der Waals surface area contributed by atoms with Gasteiger partial charge in [-0.2, -0.15) is 0 Å². The number of amides is 2. The fraction of sp³-hybridized carbons (Fsp3) is 0.263. The first-order valence-electron chi connectivity index (χ1n) is 8.48. The average Bonchev–Trinajstić information content (AvgIpc) is 3.32. The van der Waals surface area contributed by atoms with E-state index in [1.807, 2.05) is 20.8 Å². The zero-order chi connectivity index (χ0) is 20.3. The highest BCUT2D eigenvalue weighted by Crippen LogP contribution is 2.33. The molecule has 3 aromatic rings. The van der Waals surface area contributed by atoms with Crippen LogP contribution in [0.2, 0.25) is 0 Å². The Morgan fingerprint density at radius 2 is 1.93 bits per heavy atom. The summed E-state index contributed by atoms with van der Waals surface area (Å²) in [7, 11) is 0. The Kier molecular flexibility index (Phi) is 5.85. The molecule has 0 saturated heterocycles. The predicted octanol–water partition coefficient (Wildman–Crippen LogP) is 4.04. The van der Waals surface area contributed by atoms with Crippen molar-refractivity contribution in [2.45, 2.75) is 32.4 Å². The van der Waals surface area contributed by atoms with E-state index < -0.39 is 29.2 Å². The molecule has 0 aliphatic rings. The third kappa shape index (κ3) is 4.42. The minimum absolute atomic E-state index is 0.00274. The quantitative estimate of drug-likeness (QED) is 0.679. The van der Waals surface area contributed by atoms with Crippen LogP contribution in [0.25, 0.3) is 0 Å². The van der Waals surface area contributed by atoms with E-state index in [0.717, 1.165) is 16.4 Å². The fourth-order valence-electron chi connectivity index (χ4n) is 2.65. The van der Waals surface area contributed by atoms with Crippen molar-refractivity contribution in [3.8, 4) is 0 Å². The molecular formula is C19H19FN4O2S2. The number of benzene rings is 1. The van der Waals surface area contributed by atoms with Crippen LogP contribution in [0.15, 0.2) is 47.2 Å². The molecule has 1 aromatic carbocycles. The van der Waals surface area contributed by atoms with E-state index in [2.05, 4.69) is 14.9 Å². The Bertz CT molecular complexity index is 953. The summed E-state index contributed by atoms with van der Waals surface area (Å²) in [6.45, 7) is 5.53. The van der Waals surface area contributed by atoms with Crippen molar-refractivity contribution in [2.75, 3.05) is 4.90 Å². The molecule has 0 bridgehead atoms. The van der Waals surface area contributed by atoms with E-state index in [1.54, 1.807) is 23.6 Å². The molecule has 0 saturated carbocycles. The van der Waals surface area contributed by atoms with Gasteiger partial charge in [0.25, 0.3) is 5.91 Å². The van der Waals surface area contributed by atoms with E-state index >= 15 is 0 Å². The molecule has 2 aromatic heterocycles. The average molecular weight is 419 g/mol. The molecule has 0 radical (unpaired) electrons. The van der Waals surface area contributed by atoms with Gasteiger partial charge in [0, 0.05) is 15.8 Å². The smallest absolute Gasteiger partial charge is 0.280 e. The monoisotopic (exact) mass is 418 g/mol. The van der Waals surface area contributed by atoms with Gasteiger partial charge in [0.15, 0.2) is 11.7 Å². The molecule has 9 heteroatoms. The summed E-state index contributed by atoms with van der Waals surface area (Å²) in [6.07, 6.45) is 0. The lowest BCUT2D eigenvalue weighted by Crippen LogP contribution is -2.49. The lowest BCUT2D eigenvalue weighted by Gasteiger charge is -2.32. The topological polar surface area (TPSA) is 75.2 Å². The number of carbonyl (C=O) groups excluding carboxylic acids is 2. The van der Waals surface area contributed by atoms with Crippen molar-refractivity contribution in [2.24, 2.45) is 0 Å². The highest BCUT2D eigenvalue weighted by molar-refractivity contribution is 7.10. The first-order valence-corrected chi connectivity index (χ1v) is 10.2. The molecule has 2 heterocycles. The van der Waals surface area contributed by atoms with Crippen LogP contribution in [0.5, 0.6) is 0 Å². The summed E-state index contributed by atoms with van der Waals surface area (Å²) in [5, 5.41) is 9.99. The largest absolute Gasteiger partial charge is 0.349 e. The number of aromatic nitrogens is 2. The van der Waals surface area contributed by atoms with Crippen molar-refractivity contribution in [1.82, 2.24) is 14.9 Å². The number of hydrogen-bond donors (Lipinski definition) is 1. The number of rotatable bonds is 5. The number of para-hydroxylation sites is 1. The molecule has 0 unspecified atom stereocenters. The van der Waals surface area contributed by atoms with Crippen LogP contribution in [0.3, 0.4) is 0 Å². The van der Waals surface area contributed by atoms with Crippen molar-refractivity contribution >= 4 is 40.4 Å². The van der Waals surface area contributed by atoms with Gasteiger partial charge in [0.05, 0.1) is 5.69 Å². The van der Waals surface area contributed by atoms with E-state index in [0.29, 0.717) is 4.88 Å². The lowest BCUT2D eigenvalue weighted by molar-refractivity contribution is -0.123. The second-order valence-corrected chi connectivity index (χ2v) is 8.66. The molecule has 2 amide bonds. The predicted molar refractivity (Wildman–Crippen MR) is 108 cm³/mol. The summed E-state index contributed by atoms with van der Waals surface area (Å²) in [4.78, 5) is 28.2. The lowest BCUT2D eigenvalue weighted by atomic mass is 10.1. The molecule has 1 atom stereocenters. The highest BCUT2D eigenvalue weighted by atomic mass is 32.1. The fourth-order valence-corrected chi connectivity index (χ4v) is 3.90. The number of anilines is 1. The number of nitrogens with zero attached hydrogens (tertiary/aromatic N) is 3. The van der Waals surface area contributed by atoms with Crippen LogP contribution in [0.4, 0.5) is 10.1 Å². The van der Waals surface area contributed by atoms with E-state index in [1.165, 1.54) is 34.9 Å². The minimum Gasteiger partial charge on any atom is -0.349 e. The van der Waals surface area contributed by atoms with Gasteiger partial charge in [-0.3, -0.25) is 14.5 Å². The summed E-state index contributed by atoms with van der Waals surface area (Å²) in [5.41, 5.74) is -0.472. The Labute approximate surface area is 170 Å². The molecule has 28 heavy (non-hydrogen) atoms. The zero-order valence-corrected chi connectivity index (χ0v) is 17.2. The maximum absolute atomic E-state index is 14.7. The van der Waals surface area contributed by atoms with Crippen molar-refractivity contribution < 1.29 is 14.0 Å². The summed E-state index contributed by atoms with van der Waals surface area (Å²) in [5.74, 6) is -1.61. The van der Waals surface area contributed by atoms with Crippen molar-refractivity contribution in [3.63, 3.8) is 0 Å². The maximum Gasteiger partial charge on any atom is 0.280 e. The molecule has 0 fully saturated rings. The van der Waals surface area contributed by atoms with Gasteiger partial charge in [0.1, 0.15) is 5.82 Å². The van der Waals surface area contributed by atoms with Crippen LogP contribution in [0.1, 0.15) is 42.2 Å². The van der Waals surface area contributed by atoms with Gasteiger partial charge >= 0.3 is 0 Å². The van der Waals surface area contributed by atoms with Crippen LogP contribution in [-0.2, 0) is 4.79 Å². The van der Waals surface area contributed by atoms with Gasteiger partial charge in [-0.15, -0.1) is 16.4 Å². The van der Waals surface area contributed by atoms with Gasteiger partial charge < -0.3 is 5.32 Å². The summed E-state index contributed by atoms with van der Waals surface area (Å²) in [6, 6.07) is 8.35. The molecule has 0 aliphatic heterocycles. The van der Waals surface area contributed by atoms with Crippen LogP contribution in [-0.4, -0.2) is 26.9 Å². The molecule has 0 aliphatic carbocycles. The van der Waals surface area contributed by atoms with Crippen LogP contribution >= 0.6 is 22.9 Å². The summed E-state index contributed by atoms with van der Waals surface area (Å²) >= 11 is 2.33. The third-order valence-electron chi connectivity index (χ3n) is 3.73. The van der Waals surface area contributed by atoms with Gasteiger partial charge in [-0.05, 0) is 55.9 Å². The summed E-state index contributed by atoms with van der Waals surface area (Å²) < 4.78 is 18.4.